The van der Waals surface area contributed by atoms with E-state index in [0.29, 0.717) is 12.8 Å². The highest BCUT2D eigenvalue weighted by Crippen LogP contribution is 2.13. The molecule has 1 radical (unpaired) electrons. The second-order valence-electron chi connectivity index (χ2n) is 3.21. The van der Waals surface area contributed by atoms with Gasteiger partial charge in [-0.1, -0.05) is 19.8 Å². The molecule has 0 amide bonds. The second kappa shape index (κ2) is 5.78. The number of hydrogen-bond acceptors (Lipinski definition) is 4. The molecular formula is C7H15O6S2. The van der Waals surface area contributed by atoms with Crippen molar-refractivity contribution in [1.29, 1.82) is 0 Å². The normalized spacial score (nSPS) is 15.1. The smallest absolute Gasteiger partial charge is 0.267 e. The Bertz CT molecular complexity index is 368. The van der Waals surface area contributed by atoms with E-state index in [1.54, 1.807) is 0 Å². The molecule has 0 fully saturated rings. The van der Waals surface area contributed by atoms with Crippen LogP contribution in [0.15, 0.2) is 0 Å². The Kier molecular flexibility index (Phi) is 5.71. The van der Waals surface area contributed by atoms with Crippen molar-refractivity contribution in [3.8, 4) is 0 Å². The number of hydrogen-bond donors (Lipinski definition) is 2. The van der Waals surface area contributed by atoms with Gasteiger partial charge >= 0.3 is 0 Å². The van der Waals surface area contributed by atoms with E-state index in [1.165, 1.54) is 0 Å². The molecule has 0 aromatic rings. The molecule has 0 bridgehead atoms. The summed E-state index contributed by atoms with van der Waals surface area (Å²) in [5.74, 6) is -0.672. The maximum atomic E-state index is 10.8. The van der Waals surface area contributed by atoms with Gasteiger partial charge in [0.2, 0.25) is 0 Å². The Balaban J connectivity index is 4.40. The lowest BCUT2D eigenvalue weighted by Gasteiger charge is -2.11. The van der Waals surface area contributed by atoms with Gasteiger partial charge in [0.05, 0.1) is 11.0 Å². The first kappa shape index (κ1) is 14.8. The van der Waals surface area contributed by atoms with E-state index in [2.05, 4.69) is 6.92 Å². The average Bonchev–Trinajstić information content (AvgIpc) is 1.99. The summed E-state index contributed by atoms with van der Waals surface area (Å²) < 4.78 is 59.6. The highest BCUT2D eigenvalue weighted by molar-refractivity contribution is 7.87. The molecular weight excluding hydrogens is 244 g/mol. The highest BCUT2D eigenvalue weighted by Gasteiger charge is 2.24. The highest BCUT2D eigenvalue weighted by atomic mass is 32.2. The van der Waals surface area contributed by atoms with Gasteiger partial charge in [-0.15, -0.1) is 0 Å². The predicted octanol–water partition coefficient (Wildman–Crippen LogP) is 0.525. The Morgan fingerprint density at radius 2 is 1.60 bits per heavy atom. The first-order valence-corrected chi connectivity index (χ1v) is 7.49. The molecule has 8 heteroatoms. The third kappa shape index (κ3) is 7.71. The summed E-state index contributed by atoms with van der Waals surface area (Å²) in [7, 11) is -8.46. The topological polar surface area (TPSA) is 109 Å². The lowest BCUT2D eigenvalue weighted by molar-refractivity contribution is 0.452. The molecule has 6 nitrogen and oxygen atoms in total. The fraction of sp³-hybridized carbons (Fsp3) is 0.857. The predicted molar refractivity (Wildman–Crippen MR) is 55.6 cm³/mol. The Labute approximate surface area is 90.2 Å². The third-order valence-electron chi connectivity index (χ3n) is 1.90. The van der Waals surface area contributed by atoms with Crippen LogP contribution < -0.4 is 0 Å². The van der Waals surface area contributed by atoms with E-state index in [-0.39, 0.29) is 12.8 Å². The van der Waals surface area contributed by atoms with Gasteiger partial charge in [-0.05, 0) is 12.8 Å². The van der Waals surface area contributed by atoms with Crippen LogP contribution in [0.25, 0.3) is 0 Å². The molecule has 1 atom stereocenters. The molecule has 0 aliphatic rings. The van der Waals surface area contributed by atoms with Gasteiger partial charge in [-0.2, -0.15) is 16.8 Å². The molecule has 0 aromatic carbocycles. The lowest BCUT2D eigenvalue weighted by Crippen LogP contribution is -2.23. The summed E-state index contributed by atoms with van der Waals surface area (Å²) in [6.45, 7) is 3.50. The van der Waals surface area contributed by atoms with Gasteiger partial charge in [0.15, 0.2) is 0 Å². The van der Waals surface area contributed by atoms with E-state index in [0.717, 1.165) is 0 Å². The first-order chi connectivity index (χ1) is 6.67. The van der Waals surface area contributed by atoms with Crippen molar-refractivity contribution in [2.24, 2.45) is 0 Å². The van der Waals surface area contributed by atoms with Crippen LogP contribution in [0.4, 0.5) is 0 Å². The van der Waals surface area contributed by atoms with Crippen molar-refractivity contribution in [3.63, 3.8) is 0 Å². The van der Waals surface area contributed by atoms with Crippen LogP contribution in [0, 0.1) is 6.92 Å². The molecule has 0 aliphatic carbocycles. The van der Waals surface area contributed by atoms with Crippen molar-refractivity contribution in [2.45, 2.75) is 30.9 Å². The molecule has 0 saturated carbocycles. The minimum atomic E-state index is -4.26. The Hall–Kier alpha value is -0.180. The summed E-state index contributed by atoms with van der Waals surface area (Å²) in [5.41, 5.74) is 0. The summed E-state index contributed by atoms with van der Waals surface area (Å²) in [6.07, 6.45) is 0.795. The van der Waals surface area contributed by atoms with Crippen LogP contribution in [0.1, 0.15) is 25.7 Å². The maximum absolute atomic E-state index is 10.8. The minimum absolute atomic E-state index is 0.137. The van der Waals surface area contributed by atoms with E-state index in [4.69, 9.17) is 9.11 Å². The largest absolute Gasteiger partial charge is 0.286 e. The van der Waals surface area contributed by atoms with E-state index in [9.17, 15) is 16.8 Å². The molecule has 0 aromatic heterocycles. The van der Waals surface area contributed by atoms with Crippen molar-refractivity contribution in [2.75, 3.05) is 5.75 Å². The number of rotatable bonds is 7. The monoisotopic (exact) mass is 259 g/mol. The average molecular weight is 259 g/mol. The summed E-state index contributed by atoms with van der Waals surface area (Å²) in [5, 5.41) is -1.15. The van der Waals surface area contributed by atoms with Gasteiger partial charge in [-0.25, -0.2) is 0 Å². The van der Waals surface area contributed by atoms with Gasteiger partial charge in [-0.3, -0.25) is 9.11 Å². The van der Waals surface area contributed by atoms with E-state index in [1.807, 2.05) is 0 Å². The van der Waals surface area contributed by atoms with Crippen LogP contribution >= 0.6 is 0 Å². The molecule has 91 valence electrons. The molecule has 0 saturated heterocycles. The molecule has 0 aliphatic heterocycles. The van der Waals surface area contributed by atoms with Crippen LogP contribution in [0.5, 0.6) is 0 Å². The summed E-state index contributed by atoms with van der Waals surface area (Å²) >= 11 is 0. The van der Waals surface area contributed by atoms with Gasteiger partial charge in [0.25, 0.3) is 20.2 Å². The molecule has 0 spiro atoms. The van der Waals surface area contributed by atoms with E-state index >= 15 is 0 Å². The van der Waals surface area contributed by atoms with Gasteiger partial charge in [0.1, 0.15) is 0 Å². The summed E-state index contributed by atoms with van der Waals surface area (Å²) in [4.78, 5) is 0. The molecule has 1 unspecified atom stereocenters. The SMILES string of the molecule is [CH2]CCCC(CCS(=O)(=O)O)S(=O)(=O)O. The zero-order valence-electron chi connectivity index (χ0n) is 8.16. The first-order valence-electron chi connectivity index (χ1n) is 4.37. The van der Waals surface area contributed by atoms with Gasteiger partial charge in [0, 0.05) is 0 Å². The van der Waals surface area contributed by atoms with Crippen LogP contribution in [0.2, 0.25) is 0 Å². The van der Waals surface area contributed by atoms with E-state index < -0.39 is 31.2 Å². The Morgan fingerprint density at radius 1 is 1.07 bits per heavy atom. The van der Waals surface area contributed by atoms with Crippen molar-refractivity contribution in [1.82, 2.24) is 0 Å². The van der Waals surface area contributed by atoms with Gasteiger partial charge < -0.3 is 0 Å². The Morgan fingerprint density at radius 3 is 1.93 bits per heavy atom. The fourth-order valence-electron chi connectivity index (χ4n) is 1.09. The summed E-state index contributed by atoms with van der Waals surface area (Å²) in [6, 6.07) is 0. The quantitative estimate of drug-likeness (QED) is 0.645. The molecule has 0 rings (SSSR count). The maximum Gasteiger partial charge on any atom is 0.267 e. The number of unbranched alkanes of at least 4 members (excludes halogenated alkanes) is 1. The van der Waals surface area contributed by atoms with Crippen molar-refractivity contribution in [3.05, 3.63) is 6.92 Å². The third-order valence-corrected chi connectivity index (χ3v) is 3.96. The molecule has 0 heterocycles. The standard InChI is InChI=1S/C7H15O6S2/c1-2-3-4-7(15(11,12)13)5-6-14(8,9)10/h7H,1-6H2,(H,8,9,10)(H,11,12,13). The zero-order valence-corrected chi connectivity index (χ0v) is 9.80. The van der Waals surface area contributed by atoms with Crippen LogP contribution in [-0.2, 0) is 20.2 Å². The van der Waals surface area contributed by atoms with Crippen molar-refractivity contribution >= 4 is 20.2 Å². The molecule has 15 heavy (non-hydrogen) atoms. The minimum Gasteiger partial charge on any atom is -0.286 e. The van der Waals surface area contributed by atoms with Crippen molar-refractivity contribution < 1.29 is 25.9 Å². The molecule has 2 N–H and O–H groups in total. The van der Waals surface area contributed by atoms with Crippen LogP contribution in [-0.4, -0.2) is 36.9 Å². The second-order valence-corrected chi connectivity index (χ2v) is 6.48. The van der Waals surface area contributed by atoms with Crippen LogP contribution in [0.3, 0.4) is 0 Å². The zero-order chi connectivity index (χ0) is 12.1. The fourth-order valence-corrected chi connectivity index (χ4v) is 2.71. The lowest BCUT2D eigenvalue weighted by atomic mass is 10.2.